The first-order valence-electron chi connectivity index (χ1n) is 6.94. The van der Waals surface area contributed by atoms with Crippen molar-refractivity contribution in [2.24, 2.45) is 7.05 Å². The molecule has 1 unspecified atom stereocenters. The van der Waals surface area contributed by atoms with Crippen molar-refractivity contribution >= 4 is 21.9 Å². The maximum atomic E-state index is 11.7. The number of aromatic nitrogens is 2. The third-order valence-corrected chi connectivity index (χ3v) is 4.68. The highest BCUT2D eigenvalue weighted by Gasteiger charge is 2.25. The lowest BCUT2D eigenvalue weighted by Crippen LogP contribution is -2.17. The molecule has 1 atom stereocenters. The Bertz CT molecular complexity index is 664. The van der Waals surface area contributed by atoms with Crippen LogP contribution in [0.4, 0.5) is 0 Å². The lowest BCUT2D eigenvalue weighted by Gasteiger charge is -2.15. The molecule has 1 aromatic carbocycles. The molecular formula is C16H19BrN2O2. The van der Waals surface area contributed by atoms with E-state index in [-0.39, 0.29) is 0 Å². The Balaban J connectivity index is 2.41. The third-order valence-electron chi connectivity index (χ3n) is 3.76. The van der Waals surface area contributed by atoms with E-state index >= 15 is 0 Å². The van der Waals surface area contributed by atoms with Crippen molar-refractivity contribution in [3.05, 3.63) is 51.3 Å². The Labute approximate surface area is 132 Å². The van der Waals surface area contributed by atoms with Gasteiger partial charge in [0.05, 0.1) is 21.8 Å². The van der Waals surface area contributed by atoms with Crippen LogP contribution in [-0.2, 0) is 24.7 Å². The maximum absolute atomic E-state index is 11.7. The number of nitrogens with zero attached hydrogens (tertiary/aromatic N) is 2. The molecule has 0 saturated carbocycles. The van der Waals surface area contributed by atoms with Gasteiger partial charge in [-0.05, 0) is 40.4 Å². The van der Waals surface area contributed by atoms with E-state index in [1.54, 1.807) is 4.68 Å². The lowest BCUT2D eigenvalue weighted by molar-refractivity contribution is -0.138. The minimum atomic E-state index is -0.810. The van der Waals surface area contributed by atoms with Gasteiger partial charge in [0.1, 0.15) is 0 Å². The first-order valence-corrected chi connectivity index (χ1v) is 7.73. The number of halogens is 1. The molecule has 1 aromatic heterocycles. The summed E-state index contributed by atoms with van der Waals surface area (Å²) in [5.74, 6) is -1.38. The number of aliphatic carboxylic acids is 1. The summed E-state index contributed by atoms with van der Waals surface area (Å²) in [6.45, 7) is 3.98. The summed E-state index contributed by atoms with van der Waals surface area (Å²) in [4.78, 5) is 11.7. The van der Waals surface area contributed by atoms with Crippen LogP contribution in [0.2, 0.25) is 0 Å². The standard InChI is InChI=1S/C16H19BrN2O2/c1-4-13-15(17)14(19(3)18-13)9-12(16(20)21)11-8-6-5-7-10(11)2/h5-8,12H,4,9H2,1-3H3,(H,20,21). The lowest BCUT2D eigenvalue weighted by atomic mass is 9.91. The number of carboxylic acid groups (broad SMARTS) is 1. The maximum Gasteiger partial charge on any atom is 0.311 e. The van der Waals surface area contributed by atoms with E-state index in [0.29, 0.717) is 6.42 Å². The molecule has 0 radical (unpaired) electrons. The molecule has 4 nitrogen and oxygen atoms in total. The van der Waals surface area contributed by atoms with Gasteiger partial charge in [0, 0.05) is 13.5 Å². The van der Waals surface area contributed by atoms with Crippen molar-refractivity contribution in [1.82, 2.24) is 9.78 Å². The molecule has 1 heterocycles. The normalized spacial score (nSPS) is 12.4. The second-order valence-corrected chi connectivity index (χ2v) is 5.93. The van der Waals surface area contributed by atoms with Crippen LogP contribution in [0.3, 0.4) is 0 Å². The molecule has 0 aliphatic rings. The molecule has 0 amide bonds. The van der Waals surface area contributed by atoms with Gasteiger partial charge in [-0.3, -0.25) is 9.48 Å². The Kier molecular flexibility index (Phi) is 4.83. The van der Waals surface area contributed by atoms with Crippen LogP contribution in [0.1, 0.15) is 35.4 Å². The van der Waals surface area contributed by atoms with Crippen LogP contribution in [-0.4, -0.2) is 20.9 Å². The molecule has 0 saturated heterocycles. The Morgan fingerprint density at radius 2 is 2.10 bits per heavy atom. The summed E-state index contributed by atoms with van der Waals surface area (Å²) in [6.07, 6.45) is 1.24. The van der Waals surface area contributed by atoms with Gasteiger partial charge in [-0.1, -0.05) is 31.2 Å². The summed E-state index contributed by atoms with van der Waals surface area (Å²) in [5, 5.41) is 14.0. The van der Waals surface area contributed by atoms with Crippen molar-refractivity contribution in [3.63, 3.8) is 0 Å². The molecule has 112 valence electrons. The highest BCUT2D eigenvalue weighted by Crippen LogP contribution is 2.29. The quantitative estimate of drug-likeness (QED) is 0.898. The Morgan fingerprint density at radius 1 is 1.43 bits per heavy atom. The van der Waals surface area contributed by atoms with E-state index in [0.717, 1.165) is 33.4 Å². The number of aryl methyl sites for hydroxylation is 3. The zero-order valence-corrected chi connectivity index (χ0v) is 14.0. The Hall–Kier alpha value is -1.62. The molecular weight excluding hydrogens is 332 g/mol. The summed E-state index contributed by atoms with van der Waals surface area (Å²) in [7, 11) is 1.86. The van der Waals surface area contributed by atoms with Crippen LogP contribution in [0.25, 0.3) is 0 Å². The van der Waals surface area contributed by atoms with E-state index in [1.807, 2.05) is 45.2 Å². The average Bonchev–Trinajstić information content (AvgIpc) is 2.72. The van der Waals surface area contributed by atoms with Crippen molar-refractivity contribution < 1.29 is 9.90 Å². The van der Waals surface area contributed by atoms with Crippen LogP contribution in [0.5, 0.6) is 0 Å². The summed E-state index contributed by atoms with van der Waals surface area (Å²) < 4.78 is 2.70. The SMILES string of the molecule is CCc1nn(C)c(CC(C(=O)O)c2ccccc2C)c1Br. The molecule has 2 aromatic rings. The van der Waals surface area contributed by atoms with Crippen LogP contribution >= 0.6 is 15.9 Å². The molecule has 0 fully saturated rings. The second-order valence-electron chi connectivity index (χ2n) is 5.14. The number of hydrogen-bond donors (Lipinski definition) is 1. The largest absolute Gasteiger partial charge is 0.481 e. The van der Waals surface area contributed by atoms with E-state index in [9.17, 15) is 9.90 Å². The van der Waals surface area contributed by atoms with Gasteiger partial charge in [-0.15, -0.1) is 0 Å². The number of benzene rings is 1. The van der Waals surface area contributed by atoms with Gasteiger partial charge >= 0.3 is 5.97 Å². The van der Waals surface area contributed by atoms with Gasteiger partial charge in [-0.25, -0.2) is 0 Å². The van der Waals surface area contributed by atoms with Gasteiger partial charge in [0.2, 0.25) is 0 Å². The van der Waals surface area contributed by atoms with Gasteiger partial charge in [0.25, 0.3) is 0 Å². The fourth-order valence-corrected chi connectivity index (χ4v) is 3.32. The molecule has 1 N–H and O–H groups in total. The molecule has 5 heteroatoms. The predicted molar refractivity (Wildman–Crippen MR) is 85.5 cm³/mol. The van der Waals surface area contributed by atoms with Crippen molar-refractivity contribution in [3.8, 4) is 0 Å². The molecule has 0 aliphatic carbocycles. The number of carboxylic acids is 1. The van der Waals surface area contributed by atoms with Crippen molar-refractivity contribution in [2.75, 3.05) is 0 Å². The highest BCUT2D eigenvalue weighted by atomic mass is 79.9. The molecule has 0 bridgehead atoms. The van der Waals surface area contributed by atoms with E-state index in [4.69, 9.17) is 0 Å². The first-order chi connectivity index (χ1) is 9.95. The summed E-state index contributed by atoms with van der Waals surface area (Å²) in [5.41, 5.74) is 3.74. The zero-order valence-electron chi connectivity index (χ0n) is 12.4. The average molecular weight is 351 g/mol. The van der Waals surface area contributed by atoms with Crippen molar-refractivity contribution in [1.29, 1.82) is 0 Å². The summed E-state index contributed by atoms with van der Waals surface area (Å²) in [6, 6.07) is 7.64. The van der Waals surface area contributed by atoms with E-state index in [2.05, 4.69) is 21.0 Å². The fourth-order valence-electron chi connectivity index (χ4n) is 2.54. The highest BCUT2D eigenvalue weighted by molar-refractivity contribution is 9.10. The molecule has 21 heavy (non-hydrogen) atoms. The molecule has 0 spiro atoms. The summed E-state index contributed by atoms with van der Waals surface area (Å²) >= 11 is 3.55. The fraction of sp³-hybridized carbons (Fsp3) is 0.375. The second kappa shape index (κ2) is 6.43. The van der Waals surface area contributed by atoms with Gasteiger partial charge < -0.3 is 5.11 Å². The van der Waals surface area contributed by atoms with Gasteiger partial charge in [-0.2, -0.15) is 5.10 Å². The predicted octanol–water partition coefficient (Wildman–Crippen LogP) is 3.46. The topological polar surface area (TPSA) is 55.1 Å². The monoisotopic (exact) mass is 350 g/mol. The van der Waals surface area contributed by atoms with Gasteiger partial charge in [0.15, 0.2) is 0 Å². The minimum absolute atomic E-state index is 0.421. The third kappa shape index (κ3) is 3.18. The van der Waals surface area contributed by atoms with Crippen molar-refractivity contribution in [2.45, 2.75) is 32.6 Å². The zero-order chi connectivity index (χ0) is 15.6. The van der Waals surface area contributed by atoms with Crippen LogP contribution in [0.15, 0.2) is 28.7 Å². The van der Waals surface area contributed by atoms with Crippen LogP contribution < -0.4 is 0 Å². The minimum Gasteiger partial charge on any atom is -0.481 e. The number of carbonyl (C=O) groups is 1. The molecule has 2 rings (SSSR count). The van der Waals surface area contributed by atoms with Crippen LogP contribution in [0, 0.1) is 6.92 Å². The van der Waals surface area contributed by atoms with E-state index < -0.39 is 11.9 Å². The first kappa shape index (κ1) is 15.8. The Morgan fingerprint density at radius 3 is 2.62 bits per heavy atom. The smallest absolute Gasteiger partial charge is 0.311 e. The van der Waals surface area contributed by atoms with E-state index in [1.165, 1.54) is 0 Å². The number of hydrogen-bond acceptors (Lipinski definition) is 2. The number of rotatable bonds is 5. The molecule has 0 aliphatic heterocycles.